The smallest absolute Gasteiger partial charge is 0.200 e. The van der Waals surface area contributed by atoms with Crippen LogP contribution in [0.5, 0.6) is 0 Å². The van der Waals surface area contributed by atoms with Crippen LogP contribution < -0.4 is 0 Å². The molecule has 0 spiro atoms. The van der Waals surface area contributed by atoms with Gasteiger partial charge in [0.05, 0.1) is 6.61 Å². The monoisotopic (exact) mass is 350 g/mol. The molecular weight excluding hydrogens is 312 g/mol. The average Bonchev–Trinajstić information content (AvgIpc) is 2.50. The van der Waals surface area contributed by atoms with Crippen molar-refractivity contribution in [1.82, 2.24) is 0 Å². The molecule has 0 radical (unpaired) electrons. The van der Waals surface area contributed by atoms with Crippen LogP contribution in [0.3, 0.4) is 0 Å². The van der Waals surface area contributed by atoms with Gasteiger partial charge >= 0.3 is 0 Å². The summed E-state index contributed by atoms with van der Waals surface area (Å²) in [7, 11) is -1.83. The quantitative estimate of drug-likeness (QED) is 0.294. The van der Waals surface area contributed by atoms with Crippen LogP contribution >= 0.6 is 0 Å². The Morgan fingerprint density at radius 3 is 2.04 bits per heavy atom. The molecule has 3 heteroatoms. The van der Waals surface area contributed by atoms with Crippen molar-refractivity contribution in [2.75, 3.05) is 13.2 Å². The molecule has 0 saturated heterocycles. The maximum atomic E-state index is 9.35. The fourth-order valence-corrected chi connectivity index (χ4v) is 9.44. The van der Waals surface area contributed by atoms with Gasteiger partial charge in [0.2, 0.25) is 0 Å². The molecular formula is C21H38O2Si. The van der Waals surface area contributed by atoms with Gasteiger partial charge in [-0.15, -0.1) is 18.4 Å². The topological polar surface area (TPSA) is 29.5 Å². The van der Waals surface area contributed by atoms with Gasteiger partial charge in [0.25, 0.3) is 0 Å². The van der Waals surface area contributed by atoms with Crippen molar-refractivity contribution in [1.29, 1.82) is 0 Å². The SMILES string of the molecule is C=CC(CC#CC)/C(=C\CO)CCO[Si](C(C)C)(C(C)C)C(C)C. The zero-order valence-corrected chi connectivity index (χ0v) is 17.9. The van der Waals surface area contributed by atoms with Crippen LogP contribution in [0.2, 0.25) is 16.6 Å². The summed E-state index contributed by atoms with van der Waals surface area (Å²) >= 11 is 0. The van der Waals surface area contributed by atoms with Crippen LogP contribution in [-0.2, 0) is 4.43 Å². The van der Waals surface area contributed by atoms with Crippen molar-refractivity contribution in [3.8, 4) is 11.8 Å². The third-order valence-electron chi connectivity index (χ3n) is 5.06. The molecule has 1 unspecified atom stereocenters. The molecule has 2 nitrogen and oxygen atoms in total. The molecule has 138 valence electrons. The van der Waals surface area contributed by atoms with Crippen LogP contribution in [-0.4, -0.2) is 26.6 Å². The Labute approximate surface area is 151 Å². The number of allylic oxidation sites excluding steroid dienone is 1. The molecule has 0 aliphatic carbocycles. The first-order valence-electron chi connectivity index (χ1n) is 9.23. The minimum absolute atomic E-state index is 0.0559. The van der Waals surface area contributed by atoms with Gasteiger partial charge in [0.15, 0.2) is 8.32 Å². The van der Waals surface area contributed by atoms with E-state index in [4.69, 9.17) is 4.43 Å². The predicted molar refractivity (Wildman–Crippen MR) is 109 cm³/mol. The zero-order chi connectivity index (χ0) is 18.8. The summed E-state index contributed by atoms with van der Waals surface area (Å²) in [6, 6.07) is 0. The van der Waals surface area contributed by atoms with Gasteiger partial charge in [-0.2, -0.15) is 0 Å². The number of aliphatic hydroxyl groups excluding tert-OH is 1. The molecule has 0 heterocycles. The van der Waals surface area contributed by atoms with Crippen molar-refractivity contribution in [3.63, 3.8) is 0 Å². The molecule has 0 amide bonds. The first-order chi connectivity index (χ1) is 11.3. The zero-order valence-electron chi connectivity index (χ0n) is 16.9. The normalized spacial score (nSPS) is 14.0. The third-order valence-corrected chi connectivity index (χ3v) is 11.2. The summed E-state index contributed by atoms with van der Waals surface area (Å²) in [6.45, 7) is 20.4. The summed E-state index contributed by atoms with van der Waals surface area (Å²) in [5, 5.41) is 9.35. The fraction of sp³-hybridized carbons (Fsp3) is 0.714. The lowest BCUT2D eigenvalue weighted by Gasteiger charge is -2.42. The molecule has 24 heavy (non-hydrogen) atoms. The molecule has 0 aromatic rings. The van der Waals surface area contributed by atoms with E-state index >= 15 is 0 Å². The molecule has 0 saturated carbocycles. The maximum Gasteiger partial charge on any atom is 0.200 e. The summed E-state index contributed by atoms with van der Waals surface area (Å²) < 4.78 is 6.64. The predicted octanol–water partition coefficient (Wildman–Crippen LogP) is 5.70. The van der Waals surface area contributed by atoms with Crippen molar-refractivity contribution in [2.24, 2.45) is 5.92 Å². The molecule has 0 aliphatic rings. The number of hydrogen-bond donors (Lipinski definition) is 1. The lowest BCUT2D eigenvalue weighted by atomic mass is 9.93. The second-order valence-electron chi connectivity index (χ2n) is 7.35. The lowest BCUT2D eigenvalue weighted by molar-refractivity contribution is 0.277. The first-order valence-corrected chi connectivity index (χ1v) is 11.4. The van der Waals surface area contributed by atoms with E-state index in [-0.39, 0.29) is 12.5 Å². The number of rotatable bonds is 11. The maximum absolute atomic E-state index is 9.35. The standard InChI is InChI=1S/C21H38O2Si/c1-9-11-12-20(10-2)21(13-15-22)14-16-23-24(17(3)4,18(5)6)19(7)8/h10,13,17-20,22H,2,12,14-16H2,1,3-8H3/b21-13-. The van der Waals surface area contributed by atoms with E-state index in [1.54, 1.807) is 0 Å². The van der Waals surface area contributed by atoms with E-state index in [1.165, 1.54) is 5.57 Å². The second-order valence-corrected chi connectivity index (χ2v) is 12.8. The molecule has 1 atom stereocenters. The van der Waals surface area contributed by atoms with Gasteiger partial charge in [-0.25, -0.2) is 0 Å². The highest BCUT2D eigenvalue weighted by Gasteiger charge is 2.44. The van der Waals surface area contributed by atoms with Crippen molar-refractivity contribution in [2.45, 2.75) is 77.9 Å². The van der Waals surface area contributed by atoms with E-state index in [1.807, 2.05) is 19.1 Å². The highest BCUT2D eigenvalue weighted by Crippen LogP contribution is 2.42. The molecule has 1 N–H and O–H groups in total. The van der Waals surface area contributed by atoms with Gasteiger partial charge in [-0.05, 0) is 30.0 Å². The van der Waals surface area contributed by atoms with Crippen molar-refractivity contribution < 1.29 is 9.53 Å². The average molecular weight is 351 g/mol. The van der Waals surface area contributed by atoms with Gasteiger partial charge < -0.3 is 9.53 Å². The largest absolute Gasteiger partial charge is 0.416 e. The highest BCUT2D eigenvalue weighted by atomic mass is 28.4. The summed E-state index contributed by atoms with van der Waals surface area (Å²) in [5.41, 5.74) is 2.95. The Bertz CT molecular complexity index is 430. The van der Waals surface area contributed by atoms with Crippen molar-refractivity contribution >= 4 is 8.32 Å². The van der Waals surface area contributed by atoms with E-state index in [2.05, 4.69) is 60.0 Å². The Kier molecular flexibility index (Phi) is 11.3. The molecule has 0 aromatic carbocycles. The molecule has 0 fully saturated rings. The van der Waals surface area contributed by atoms with Gasteiger partial charge in [-0.1, -0.05) is 59.3 Å². The van der Waals surface area contributed by atoms with E-state index in [9.17, 15) is 5.11 Å². The Morgan fingerprint density at radius 1 is 1.12 bits per heavy atom. The second kappa shape index (κ2) is 11.7. The van der Waals surface area contributed by atoms with Crippen LogP contribution in [0.15, 0.2) is 24.3 Å². The molecule has 0 aliphatic heterocycles. The number of aliphatic hydroxyl groups is 1. The van der Waals surface area contributed by atoms with E-state index in [0.717, 1.165) is 19.4 Å². The van der Waals surface area contributed by atoms with Crippen LogP contribution in [0.1, 0.15) is 61.3 Å². The summed E-state index contributed by atoms with van der Waals surface area (Å²) in [5.74, 6) is 6.26. The number of hydrogen-bond acceptors (Lipinski definition) is 2. The molecule has 0 aromatic heterocycles. The molecule has 0 bridgehead atoms. The minimum atomic E-state index is -1.83. The van der Waals surface area contributed by atoms with Crippen molar-refractivity contribution in [3.05, 3.63) is 24.3 Å². The van der Waals surface area contributed by atoms with Crippen LogP contribution in [0, 0.1) is 17.8 Å². The third kappa shape index (κ3) is 6.24. The van der Waals surface area contributed by atoms with Gasteiger partial charge in [0.1, 0.15) is 0 Å². The van der Waals surface area contributed by atoms with Crippen LogP contribution in [0.4, 0.5) is 0 Å². The summed E-state index contributed by atoms with van der Waals surface area (Å²) in [4.78, 5) is 0. The Morgan fingerprint density at radius 2 is 1.67 bits per heavy atom. The fourth-order valence-electron chi connectivity index (χ4n) is 3.98. The van der Waals surface area contributed by atoms with Gasteiger partial charge in [-0.3, -0.25) is 0 Å². The summed E-state index contributed by atoms with van der Waals surface area (Å²) in [6.07, 6.45) is 5.43. The van der Waals surface area contributed by atoms with Gasteiger partial charge in [0, 0.05) is 18.9 Å². The van der Waals surface area contributed by atoms with E-state index < -0.39 is 8.32 Å². The Balaban J connectivity index is 5.12. The lowest BCUT2D eigenvalue weighted by Crippen LogP contribution is -2.48. The van der Waals surface area contributed by atoms with E-state index in [0.29, 0.717) is 16.6 Å². The first kappa shape index (κ1) is 23.2. The molecule has 0 rings (SSSR count). The highest BCUT2D eigenvalue weighted by molar-refractivity contribution is 6.77. The minimum Gasteiger partial charge on any atom is -0.416 e. The Hall–Kier alpha value is -0.823. The van der Waals surface area contributed by atoms with Crippen LogP contribution in [0.25, 0.3) is 0 Å².